The third-order valence-electron chi connectivity index (χ3n) is 4.12. The van der Waals surface area contributed by atoms with E-state index in [4.69, 9.17) is 4.74 Å². The molecule has 1 aliphatic heterocycles. The van der Waals surface area contributed by atoms with E-state index in [0.717, 1.165) is 24.3 Å². The van der Waals surface area contributed by atoms with Crippen LogP contribution in [0.25, 0.3) is 0 Å². The molecule has 0 amide bonds. The summed E-state index contributed by atoms with van der Waals surface area (Å²) in [5.41, 5.74) is 1.90. The van der Waals surface area contributed by atoms with Crippen molar-refractivity contribution in [3.8, 4) is 11.5 Å². The fraction of sp³-hybridized carbons (Fsp3) is 0.368. The summed E-state index contributed by atoms with van der Waals surface area (Å²) in [7, 11) is 0. The standard InChI is InChI=1S/C18H21BFNO.CH4/c1-19(2)17-9-8-16(13-18(17)20)22-15-7-5-6-14(12-15)21-10-3-4-11-21;/h5-9,12-13H,3-4,10-11H2,1-2H3;1H4. The van der Waals surface area contributed by atoms with E-state index in [2.05, 4.69) is 11.0 Å². The van der Waals surface area contributed by atoms with Gasteiger partial charge >= 0.3 is 0 Å². The number of anilines is 1. The Morgan fingerprint density at radius 2 is 1.70 bits per heavy atom. The van der Waals surface area contributed by atoms with Gasteiger partial charge in [0.15, 0.2) is 6.71 Å². The van der Waals surface area contributed by atoms with Gasteiger partial charge in [-0.15, -0.1) is 0 Å². The normalized spacial score (nSPS) is 13.6. The first-order valence-electron chi connectivity index (χ1n) is 7.96. The van der Waals surface area contributed by atoms with Gasteiger partial charge in [0.05, 0.1) is 0 Å². The lowest BCUT2D eigenvalue weighted by molar-refractivity contribution is 0.477. The number of hydrogen-bond donors (Lipinski definition) is 0. The highest BCUT2D eigenvalue weighted by molar-refractivity contribution is 6.70. The minimum absolute atomic E-state index is 0. The number of benzene rings is 2. The minimum atomic E-state index is -0.205. The Kier molecular flexibility index (Phi) is 5.70. The second-order valence-corrected chi connectivity index (χ2v) is 6.13. The van der Waals surface area contributed by atoms with Crippen molar-refractivity contribution in [2.45, 2.75) is 33.9 Å². The molecule has 23 heavy (non-hydrogen) atoms. The van der Waals surface area contributed by atoms with Gasteiger partial charge in [0.25, 0.3) is 0 Å². The Balaban J connectivity index is 0.00000192. The van der Waals surface area contributed by atoms with Gasteiger partial charge in [0.2, 0.25) is 0 Å². The molecule has 0 bridgehead atoms. The van der Waals surface area contributed by atoms with Gasteiger partial charge in [-0.25, -0.2) is 4.39 Å². The van der Waals surface area contributed by atoms with Crippen molar-refractivity contribution in [2.24, 2.45) is 0 Å². The maximum absolute atomic E-state index is 14.0. The highest BCUT2D eigenvalue weighted by Gasteiger charge is 2.13. The molecule has 0 spiro atoms. The van der Waals surface area contributed by atoms with Crippen molar-refractivity contribution in [1.82, 2.24) is 0 Å². The molecule has 0 atom stereocenters. The lowest BCUT2D eigenvalue weighted by Crippen LogP contribution is -2.25. The second kappa shape index (κ2) is 7.54. The van der Waals surface area contributed by atoms with E-state index < -0.39 is 0 Å². The number of nitrogens with zero attached hydrogens (tertiary/aromatic N) is 1. The van der Waals surface area contributed by atoms with E-state index in [0.29, 0.717) is 5.75 Å². The Morgan fingerprint density at radius 1 is 1.00 bits per heavy atom. The predicted molar refractivity (Wildman–Crippen MR) is 98.2 cm³/mol. The highest BCUT2D eigenvalue weighted by atomic mass is 19.1. The first kappa shape index (κ1) is 17.4. The van der Waals surface area contributed by atoms with Gasteiger partial charge in [-0.3, -0.25) is 0 Å². The largest absolute Gasteiger partial charge is 0.457 e. The summed E-state index contributed by atoms with van der Waals surface area (Å²) >= 11 is 0. The van der Waals surface area contributed by atoms with E-state index >= 15 is 0 Å². The van der Waals surface area contributed by atoms with E-state index in [-0.39, 0.29) is 20.0 Å². The summed E-state index contributed by atoms with van der Waals surface area (Å²) in [6.07, 6.45) is 2.49. The van der Waals surface area contributed by atoms with Crippen molar-refractivity contribution >= 4 is 17.9 Å². The average molecular weight is 313 g/mol. The van der Waals surface area contributed by atoms with Crippen molar-refractivity contribution in [3.63, 3.8) is 0 Å². The summed E-state index contributed by atoms with van der Waals surface area (Å²) in [5.74, 6) is 1.09. The van der Waals surface area contributed by atoms with Crippen LogP contribution in [-0.2, 0) is 0 Å². The van der Waals surface area contributed by atoms with Crippen LogP contribution >= 0.6 is 0 Å². The molecule has 2 aromatic rings. The topological polar surface area (TPSA) is 12.5 Å². The molecular formula is C19H25BFNO. The Bertz CT molecular complexity index is 654. The van der Waals surface area contributed by atoms with Crippen LogP contribution in [0.5, 0.6) is 11.5 Å². The molecule has 0 unspecified atom stereocenters. The zero-order chi connectivity index (χ0) is 15.5. The van der Waals surface area contributed by atoms with Crippen LogP contribution in [0.15, 0.2) is 42.5 Å². The lowest BCUT2D eigenvalue weighted by Gasteiger charge is -2.18. The fourth-order valence-electron chi connectivity index (χ4n) is 2.89. The second-order valence-electron chi connectivity index (χ2n) is 6.13. The SMILES string of the molecule is C.CB(C)c1ccc(Oc2cccc(N3CCCC3)c2)cc1F. The van der Waals surface area contributed by atoms with Crippen molar-refractivity contribution in [3.05, 3.63) is 48.3 Å². The Labute approximate surface area is 139 Å². The Hall–Kier alpha value is -1.97. The fourth-order valence-corrected chi connectivity index (χ4v) is 2.89. The van der Waals surface area contributed by atoms with Gasteiger partial charge in [0, 0.05) is 30.9 Å². The summed E-state index contributed by atoms with van der Waals surface area (Å²) in [6, 6.07) is 13.1. The number of ether oxygens (including phenoxy) is 1. The van der Waals surface area contributed by atoms with Crippen LogP contribution in [0.1, 0.15) is 20.3 Å². The van der Waals surface area contributed by atoms with Gasteiger partial charge in [-0.2, -0.15) is 0 Å². The van der Waals surface area contributed by atoms with Crippen molar-refractivity contribution < 1.29 is 9.13 Å². The highest BCUT2D eigenvalue weighted by Crippen LogP contribution is 2.28. The van der Waals surface area contributed by atoms with Gasteiger partial charge in [0.1, 0.15) is 17.3 Å². The summed E-state index contributed by atoms with van der Waals surface area (Å²) in [4.78, 5) is 2.36. The lowest BCUT2D eigenvalue weighted by atomic mass is 9.49. The molecule has 1 saturated heterocycles. The van der Waals surface area contributed by atoms with Gasteiger partial charge in [-0.05, 0) is 36.5 Å². The van der Waals surface area contributed by atoms with Gasteiger partial charge < -0.3 is 9.64 Å². The minimum Gasteiger partial charge on any atom is -0.457 e. The summed E-state index contributed by atoms with van der Waals surface area (Å²) < 4.78 is 19.9. The third kappa shape index (κ3) is 4.07. The predicted octanol–water partition coefficient (Wildman–Crippen LogP) is 4.82. The van der Waals surface area contributed by atoms with Gasteiger partial charge in [-0.1, -0.05) is 33.2 Å². The van der Waals surface area contributed by atoms with E-state index in [1.54, 1.807) is 6.07 Å². The van der Waals surface area contributed by atoms with Crippen LogP contribution in [0, 0.1) is 5.82 Å². The van der Waals surface area contributed by atoms with Crippen LogP contribution in [0.4, 0.5) is 10.1 Å². The smallest absolute Gasteiger partial charge is 0.173 e. The molecule has 122 valence electrons. The first-order chi connectivity index (χ1) is 10.6. The molecule has 2 aromatic carbocycles. The molecular weight excluding hydrogens is 288 g/mol. The molecule has 0 aromatic heterocycles. The molecule has 0 N–H and O–H groups in total. The third-order valence-corrected chi connectivity index (χ3v) is 4.12. The number of halogens is 1. The van der Waals surface area contributed by atoms with E-state index in [1.165, 1.54) is 24.6 Å². The first-order valence-corrected chi connectivity index (χ1v) is 7.96. The van der Waals surface area contributed by atoms with Crippen LogP contribution < -0.4 is 15.1 Å². The monoisotopic (exact) mass is 313 g/mol. The summed E-state index contributed by atoms with van der Waals surface area (Å²) in [5, 5.41) is 0. The van der Waals surface area contributed by atoms with Crippen molar-refractivity contribution in [1.29, 1.82) is 0 Å². The zero-order valence-electron chi connectivity index (χ0n) is 13.2. The molecule has 1 fully saturated rings. The van der Waals surface area contributed by atoms with Crippen molar-refractivity contribution in [2.75, 3.05) is 18.0 Å². The van der Waals surface area contributed by atoms with Crippen LogP contribution in [0.3, 0.4) is 0 Å². The molecule has 0 radical (unpaired) electrons. The maximum atomic E-state index is 14.0. The zero-order valence-corrected chi connectivity index (χ0v) is 13.2. The molecule has 1 heterocycles. The number of rotatable bonds is 4. The quantitative estimate of drug-likeness (QED) is 0.751. The van der Waals surface area contributed by atoms with Crippen LogP contribution in [0.2, 0.25) is 13.6 Å². The van der Waals surface area contributed by atoms with E-state index in [9.17, 15) is 4.39 Å². The summed E-state index contributed by atoms with van der Waals surface area (Å²) in [6.45, 7) is 6.34. The molecule has 1 aliphatic rings. The van der Waals surface area contributed by atoms with E-state index in [1.807, 2.05) is 37.9 Å². The maximum Gasteiger partial charge on any atom is 0.173 e. The average Bonchev–Trinajstić information content (AvgIpc) is 3.01. The van der Waals surface area contributed by atoms with Crippen LogP contribution in [-0.4, -0.2) is 19.8 Å². The molecule has 0 saturated carbocycles. The molecule has 4 heteroatoms. The Morgan fingerprint density at radius 3 is 2.35 bits per heavy atom. The molecule has 2 nitrogen and oxygen atoms in total. The number of hydrogen-bond acceptors (Lipinski definition) is 2. The molecule has 0 aliphatic carbocycles. The molecule has 3 rings (SSSR count).